The van der Waals surface area contributed by atoms with Crippen LogP contribution in [0.5, 0.6) is 17.2 Å². The number of nitrogens with one attached hydrogen (secondary N) is 1. The quantitative estimate of drug-likeness (QED) is 0.899. The van der Waals surface area contributed by atoms with Gasteiger partial charge in [0.1, 0.15) is 17.2 Å². The number of methoxy groups -OCH3 is 3. The lowest BCUT2D eigenvalue weighted by molar-refractivity contribution is 0.195. The number of rotatable bonds is 5. The van der Waals surface area contributed by atoms with Gasteiger partial charge >= 0.3 is 0 Å². The number of hydrogen-bond donors (Lipinski definition) is 1. The molecule has 0 spiro atoms. The van der Waals surface area contributed by atoms with Crippen LogP contribution in [0.25, 0.3) is 0 Å². The van der Waals surface area contributed by atoms with Gasteiger partial charge in [-0.25, -0.2) is 0 Å². The van der Waals surface area contributed by atoms with Crippen molar-refractivity contribution in [1.29, 1.82) is 0 Å². The van der Waals surface area contributed by atoms with E-state index in [1.54, 1.807) is 21.3 Å². The van der Waals surface area contributed by atoms with E-state index in [2.05, 4.69) is 17.1 Å². The SMILES string of the molecule is COc1cc(OC)c(CN2CCN[C@H](C)C2)c(OC)c1.Cl. The molecule has 5 nitrogen and oxygen atoms in total. The number of benzene rings is 1. The highest BCUT2D eigenvalue weighted by molar-refractivity contribution is 5.85. The van der Waals surface area contributed by atoms with E-state index in [0.29, 0.717) is 6.04 Å². The maximum atomic E-state index is 5.50. The molecule has 0 aliphatic carbocycles. The molecule has 0 unspecified atom stereocenters. The molecular weight excluding hydrogens is 292 g/mol. The molecule has 1 aromatic carbocycles. The van der Waals surface area contributed by atoms with Crippen molar-refractivity contribution in [2.45, 2.75) is 19.5 Å². The number of ether oxygens (including phenoxy) is 3. The normalized spacial score (nSPS) is 18.8. The Bertz CT molecular complexity index is 432. The van der Waals surface area contributed by atoms with E-state index in [4.69, 9.17) is 14.2 Å². The molecular formula is C15H25ClN2O3. The van der Waals surface area contributed by atoms with Gasteiger partial charge in [-0.1, -0.05) is 0 Å². The monoisotopic (exact) mass is 316 g/mol. The van der Waals surface area contributed by atoms with Crippen LogP contribution in [-0.4, -0.2) is 51.9 Å². The number of piperazine rings is 1. The van der Waals surface area contributed by atoms with Crippen molar-refractivity contribution >= 4 is 12.4 Å². The number of halogens is 1. The third kappa shape index (κ3) is 4.40. The first-order valence-corrected chi connectivity index (χ1v) is 6.92. The summed E-state index contributed by atoms with van der Waals surface area (Å²) in [6, 6.07) is 4.33. The van der Waals surface area contributed by atoms with Gasteiger partial charge in [0, 0.05) is 44.4 Å². The summed E-state index contributed by atoms with van der Waals surface area (Å²) < 4.78 is 16.3. The lowest BCUT2D eigenvalue weighted by Crippen LogP contribution is -2.48. The van der Waals surface area contributed by atoms with Gasteiger partial charge in [0.2, 0.25) is 0 Å². The van der Waals surface area contributed by atoms with Gasteiger partial charge in [-0.3, -0.25) is 4.90 Å². The second kappa shape index (κ2) is 8.32. The van der Waals surface area contributed by atoms with E-state index in [0.717, 1.165) is 49.0 Å². The molecule has 1 aliphatic heterocycles. The largest absolute Gasteiger partial charge is 0.496 e. The lowest BCUT2D eigenvalue weighted by atomic mass is 10.1. The van der Waals surface area contributed by atoms with Crippen molar-refractivity contribution in [3.8, 4) is 17.2 Å². The molecule has 1 aromatic rings. The minimum absolute atomic E-state index is 0. The van der Waals surface area contributed by atoms with Gasteiger partial charge in [-0.2, -0.15) is 0 Å². The van der Waals surface area contributed by atoms with Gasteiger partial charge < -0.3 is 19.5 Å². The fourth-order valence-corrected chi connectivity index (χ4v) is 2.61. The minimum Gasteiger partial charge on any atom is -0.496 e. The zero-order valence-electron chi connectivity index (χ0n) is 13.1. The van der Waals surface area contributed by atoms with Crippen molar-refractivity contribution < 1.29 is 14.2 Å². The van der Waals surface area contributed by atoms with Crippen LogP contribution in [0.4, 0.5) is 0 Å². The first-order chi connectivity index (χ1) is 9.67. The summed E-state index contributed by atoms with van der Waals surface area (Å²) in [7, 11) is 5.00. The highest BCUT2D eigenvalue weighted by atomic mass is 35.5. The minimum atomic E-state index is 0. The Hall–Kier alpha value is -1.17. The fourth-order valence-electron chi connectivity index (χ4n) is 2.61. The van der Waals surface area contributed by atoms with Crippen LogP contribution in [-0.2, 0) is 6.54 Å². The summed E-state index contributed by atoms with van der Waals surface area (Å²) in [5, 5.41) is 3.45. The van der Waals surface area contributed by atoms with Crippen LogP contribution in [0.2, 0.25) is 0 Å². The Morgan fingerprint density at radius 3 is 2.24 bits per heavy atom. The van der Waals surface area contributed by atoms with E-state index >= 15 is 0 Å². The van der Waals surface area contributed by atoms with Crippen LogP contribution in [0.1, 0.15) is 12.5 Å². The van der Waals surface area contributed by atoms with Crippen molar-refractivity contribution in [3.63, 3.8) is 0 Å². The Balaban J connectivity index is 0.00000220. The molecule has 1 heterocycles. The van der Waals surface area contributed by atoms with E-state index in [9.17, 15) is 0 Å². The summed E-state index contributed by atoms with van der Waals surface area (Å²) in [6.45, 7) is 6.10. The Labute approximate surface area is 133 Å². The predicted octanol–water partition coefficient (Wildman–Crippen LogP) is 1.93. The fraction of sp³-hybridized carbons (Fsp3) is 0.600. The molecule has 2 rings (SSSR count). The molecule has 1 fully saturated rings. The maximum Gasteiger partial charge on any atom is 0.130 e. The van der Waals surface area contributed by atoms with Crippen LogP contribution < -0.4 is 19.5 Å². The van der Waals surface area contributed by atoms with Crippen molar-refractivity contribution in [3.05, 3.63) is 17.7 Å². The van der Waals surface area contributed by atoms with Crippen molar-refractivity contribution in [1.82, 2.24) is 10.2 Å². The molecule has 21 heavy (non-hydrogen) atoms. The van der Waals surface area contributed by atoms with Crippen molar-refractivity contribution in [2.75, 3.05) is 41.0 Å². The number of nitrogens with zero attached hydrogens (tertiary/aromatic N) is 1. The second-order valence-corrected chi connectivity index (χ2v) is 5.10. The van der Waals surface area contributed by atoms with Gasteiger partial charge in [-0.05, 0) is 6.92 Å². The zero-order valence-corrected chi connectivity index (χ0v) is 14.0. The second-order valence-electron chi connectivity index (χ2n) is 5.10. The lowest BCUT2D eigenvalue weighted by Gasteiger charge is -2.32. The number of hydrogen-bond acceptors (Lipinski definition) is 5. The summed E-state index contributed by atoms with van der Waals surface area (Å²) in [5.41, 5.74) is 1.07. The topological polar surface area (TPSA) is 43.0 Å². The summed E-state index contributed by atoms with van der Waals surface area (Å²) in [5.74, 6) is 2.37. The van der Waals surface area contributed by atoms with Gasteiger partial charge in [0.25, 0.3) is 0 Å². The van der Waals surface area contributed by atoms with Crippen LogP contribution >= 0.6 is 12.4 Å². The smallest absolute Gasteiger partial charge is 0.130 e. The van der Waals surface area contributed by atoms with Gasteiger partial charge in [0.15, 0.2) is 0 Å². The van der Waals surface area contributed by atoms with Crippen LogP contribution in [0.3, 0.4) is 0 Å². The third-order valence-electron chi connectivity index (χ3n) is 3.65. The molecule has 120 valence electrons. The molecule has 1 aliphatic rings. The van der Waals surface area contributed by atoms with E-state index in [-0.39, 0.29) is 12.4 Å². The predicted molar refractivity (Wildman–Crippen MR) is 86.1 cm³/mol. The standard InChI is InChI=1S/C15H24N2O3.ClH/c1-11-9-17(6-5-16-11)10-13-14(19-3)7-12(18-2)8-15(13)20-4;/h7-8,11,16H,5-6,9-10H2,1-4H3;1H/t11-;/m1./s1. The third-order valence-corrected chi connectivity index (χ3v) is 3.65. The Morgan fingerprint density at radius 2 is 1.76 bits per heavy atom. The Morgan fingerprint density at radius 1 is 1.14 bits per heavy atom. The van der Waals surface area contributed by atoms with E-state index < -0.39 is 0 Å². The first kappa shape index (κ1) is 17.9. The van der Waals surface area contributed by atoms with E-state index in [1.165, 1.54) is 0 Å². The molecule has 0 amide bonds. The molecule has 1 saturated heterocycles. The first-order valence-electron chi connectivity index (χ1n) is 6.92. The molecule has 0 bridgehead atoms. The van der Waals surface area contributed by atoms with Crippen molar-refractivity contribution in [2.24, 2.45) is 0 Å². The molecule has 6 heteroatoms. The average Bonchev–Trinajstić information content (AvgIpc) is 2.47. The van der Waals surface area contributed by atoms with Gasteiger partial charge in [0.05, 0.1) is 26.9 Å². The average molecular weight is 317 g/mol. The van der Waals surface area contributed by atoms with Crippen LogP contribution in [0.15, 0.2) is 12.1 Å². The highest BCUT2D eigenvalue weighted by Crippen LogP contribution is 2.35. The summed E-state index contributed by atoms with van der Waals surface area (Å²) in [6.07, 6.45) is 0. The summed E-state index contributed by atoms with van der Waals surface area (Å²) in [4.78, 5) is 2.41. The van der Waals surface area contributed by atoms with E-state index in [1.807, 2.05) is 12.1 Å². The zero-order chi connectivity index (χ0) is 14.5. The highest BCUT2D eigenvalue weighted by Gasteiger charge is 2.20. The van der Waals surface area contributed by atoms with Gasteiger partial charge in [-0.15, -0.1) is 12.4 Å². The molecule has 0 aromatic heterocycles. The molecule has 0 radical (unpaired) electrons. The summed E-state index contributed by atoms with van der Waals surface area (Å²) >= 11 is 0. The Kier molecular flexibility index (Phi) is 7.08. The molecule has 0 saturated carbocycles. The molecule has 1 atom stereocenters. The molecule has 1 N–H and O–H groups in total. The maximum absolute atomic E-state index is 5.50. The van der Waals surface area contributed by atoms with Crippen LogP contribution in [0, 0.1) is 0 Å².